The molecule has 0 bridgehead atoms. The Morgan fingerprint density at radius 1 is 1.00 bits per heavy atom. The maximum atomic E-state index is 12.5. The Labute approximate surface area is 190 Å². The first kappa shape index (κ1) is 21.3. The minimum Gasteiger partial charge on any atom is -0.457 e. The summed E-state index contributed by atoms with van der Waals surface area (Å²) in [5, 5.41) is 12.1. The van der Waals surface area contributed by atoms with Crippen molar-refractivity contribution in [3.63, 3.8) is 0 Å². The van der Waals surface area contributed by atoms with E-state index in [2.05, 4.69) is 27.1 Å². The van der Waals surface area contributed by atoms with Crippen molar-refractivity contribution in [3.05, 3.63) is 91.8 Å². The van der Waals surface area contributed by atoms with Crippen LogP contribution in [-0.4, -0.2) is 31.4 Å². The minimum atomic E-state index is -0.134. The molecule has 0 atom stereocenters. The molecule has 0 saturated heterocycles. The topological polar surface area (TPSA) is 81.9 Å². The van der Waals surface area contributed by atoms with E-state index in [4.69, 9.17) is 4.74 Å². The molecule has 7 nitrogen and oxygen atoms in total. The molecule has 4 aromatic rings. The second-order valence-corrected chi connectivity index (χ2v) is 7.66. The minimum absolute atomic E-state index is 0.134. The van der Waals surface area contributed by atoms with Crippen LogP contribution in [0.25, 0.3) is 11.4 Å². The van der Waals surface area contributed by atoms with E-state index in [9.17, 15) is 4.79 Å². The molecule has 0 spiro atoms. The van der Waals surface area contributed by atoms with Crippen molar-refractivity contribution in [1.82, 2.24) is 19.7 Å². The summed E-state index contributed by atoms with van der Waals surface area (Å²) < 4.78 is 7.70. The van der Waals surface area contributed by atoms with Crippen molar-refractivity contribution in [2.24, 2.45) is 0 Å². The highest BCUT2D eigenvalue weighted by atomic mass is 32.2. The normalized spacial score (nSPS) is 10.5. The summed E-state index contributed by atoms with van der Waals surface area (Å²) in [7, 11) is 0. The number of para-hydroxylation sites is 1. The highest BCUT2D eigenvalue weighted by molar-refractivity contribution is 7.99. The fourth-order valence-corrected chi connectivity index (χ4v) is 3.71. The predicted octanol–water partition coefficient (Wildman–Crippen LogP) is 5.05. The highest BCUT2D eigenvalue weighted by Gasteiger charge is 2.15. The molecule has 0 aliphatic heterocycles. The van der Waals surface area contributed by atoms with Crippen LogP contribution in [0.3, 0.4) is 0 Å². The molecular weight excluding hydrogens is 422 g/mol. The van der Waals surface area contributed by atoms with Crippen molar-refractivity contribution in [2.45, 2.75) is 11.7 Å². The number of rotatable bonds is 9. The molecule has 0 unspecified atom stereocenters. The van der Waals surface area contributed by atoms with Gasteiger partial charge in [-0.25, -0.2) is 0 Å². The number of nitrogens with one attached hydrogen (secondary N) is 1. The van der Waals surface area contributed by atoms with Gasteiger partial charge >= 0.3 is 0 Å². The molecule has 2 heterocycles. The number of pyridine rings is 1. The van der Waals surface area contributed by atoms with Crippen LogP contribution in [0.4, 0.5) is 5.69 Å². The number of hydrogen-bond donors (Lipinski definition) is 1. The number of benzene rings is 2. The van der Waals surface area contributed by atoms with Crippen molar-refractivity contribution in [3.8, 4) is 22.9 Å². The smallest absolute Gasteiger partial charge is 0.234 e. The zero-order chi connectivity index (χ0) is 22.2. The van der Waals surface area contributed by atoms with Gasteiger partial charge in [-0.3, -0.25) is 14.3 Å². The van der Waals surface area contributed by atoms with Crippen LogP contribution in [0.2, 0.25) is 0 Å². The molecular formula is C24H21N5O2S. The van der Waals surface area contributed by atoms with Gasteiger partial charge in [0, 0.05) is 30.2 Å². The second kappa shape index (κ2) is 10.4. The largest absolute Gasteiger partial charge is 0.457 e. The Bertz CT molecular complexity index is 1180. The molecule has 4 rings (SSSR count). The Morgan fingerprint density at radius 2 is 1.72 bits per heavy atom. The van der Waals surface area contributed by atoms with E-state index < -0.39 is 0 Å². The summed E-state index contributed by atoms with van der Waals surface area (Å²) in [6.45, 7) is 4.35. The quantitative estimate of drug-likeness (QED) is 0.288. The van der Waals surface area contributed by atoms with E-state index in [1.165, 1.54) is 11.8 Å². The first-order valence-corrected chi connectivity index (χ1v) is 10.9. The number of hydrogen-bond acceptors (Lipinski definition) is 6. The van der Waals surface area contributed by atoms with Gasteiger partial charge in [0.1, 0.15) is 11.5 Å². The van der Waals surface area contributed by atoms with E-state index in [1.807, 2.05) is 71.3 Å². The lowest BCUT2D eigenvalue weighted by molar-refractivity contribution is -0.113. The van der Waals surface area contributed by atoms with Crippen LogP contribution < -0.4 is 10.1 Å². The fraction of sp³-hybridized carbons (Fsp3) is 0.0833. The number of anilines is 1. The summed E-state index contributed by atoms with van der Waals surface area (Å²) in [5.74, 6) is 2.24. The van der Waals surface area contributed by atoms with Crippen LogP contribution in [-0.2, 0) is 11.3 Å². The first-order valence-electron chi connectivity index (χ1n) is 9.93. The molecule has 32 heavy (non-hydrogen) atoms. The van der Waals surface area contributed by atoms with Gasteiger partial charge in [-0.2, -0.15) is 0 Å². The monoisotopic (exact) mass is 443 g/mol. The summed E-state index contributed by atoms with van der Waals surface area (Å²) in [4.78, 5) is 16.5. The van der Waals surface area contributed by atoms with E-state index in [0.717, 1.165) is 11.3 Å². The number of carbonyl (C=O) groups is 1. The fourth-order valence-electron chi connectivity index (χ4n) is 2.96. The number of ether oxygens (including phenoxy) is 1. The Hall–Kier alpha value is -3.91. The van der Waals surface area contributed by atoms with Crippen LogP contribution >= 0.6 is 11.8 Å². The molecule has 2 aromatic heterocycles. The van der Waals surface area contributed by atoms with Crippen LogP contribution in [0.5, 0.6) is 11.5 Å². The third-order valence-electron chi connectivity index (χ3n) is 4.42. The van der Waals surface area contributed by atoms with Gasteiger partial charge < -0.3 is 10.1 Å². The number of thioether (sulfide) groups is 1. The average molecular weight is 444 g/mol. The molecule has 1 amide bonds. The van der Waals surface area contributed by atoms with Crippen LogP contribution in [0.1, 0.15) is 0 Å². The Kier molecular flexibility index (Phi) is 6.94. The van der Waals surface area contributed by atoms with Gasteiger partial charge in [0.25, 0.3) is 0 Å². The number of amides is 1. The maximum absolute atomic E-state index is 12.5. The third kappa shape index (κ3) is 5.41. The van der Waals surface area contributed by atoms with Gasteiger partial charge in [0.05, 0.1) is 5.75 Å². The predicted molar refractivity (Wildman–Crippen MR) is 126 cm³/mol. The van der Waals surface area contributed by atoms with Crippen LogP contribution in [0.15, 0.2) is 96.9 Å². The molecule has 160 valence electrons. The summed E-state index contributed by atoms with van der Waals surface area (Å²) in [6, 6.07) is 20.5. The molecule has 0 saturated carbocycles. The third-order valence-corrected chi connectivity index (χ3v) is 5.38. The van der Waals surface area contributed by atoms with Gasteiger partial charge in [-0.1, -0.05) is 36.0 Å². The van der Waals surface area contributed by atoms with Crippen molar-refractivity contribution >= 4 is 23.4 Å². The summed E-state index contributed by atoms with van der Waals surface area (Å²) >= 11 is 1.32. The Balaban J connectivity index is 1.36. The van der Waals surface area contributed by atoms with E-state index in [0.29, 0.717) is 29.0 Å². The highest BCUT2D eigenvalue weighted by Crippen LogP contribution is 2.25. The Morgan fingerprint density at radius 3 is 2.44 bits per heavy atom. The molecule has 0 aliphatic carbocycles. The molecule has 8 heteroatoms. The van der Waals surface area contributed by atoms with Crippen molar-refractivity contribution < 1.29 is 9.53 Å². The lowest BCUT2D eigenvalue weighted by Gasteiger charge is -2.09. The standard InChI is InChI=1S/C24H21N5O2S/c1-2-16-29-23(18-12-14-25-15-13-18)27-28-24(29)32-17-22(30)26-19-8-10-21(11-9-19)31-20-6-4-3-5-7-20/h2-15H,1,16-17H2,(H,26,30). The number of nitrogens with zero attached hydrogens (tertiary/aromatic N) is 4. The van der Waals surface area contributed by atoms with Gasteiger partial charge in [0.2, 0.25) is 5.91 Å². The maximum Gasteiger partial charge on any atom is 0.234 e. The zero-order valence-corrected chi connectivity index (χ0v) is 18.0. The van der Waals surface area contributed by atoms with Crippen LogP contribution in [0, 0.1) is 0 Å². The summed E-state index contributed by atoms with van der Waals surface area (Å²) in [5.41, 5.74) is 1.60. The van der Waals surface area contributed by atoms with Gasteiger partial charge in [-0.05, 0) is 48.5 Å². The van der Waals surface area contributed by atoms with Crippen molar-refractivity contribution in [2.75, 3.05) is 11.1 Å². The molecule has 0 fully saturated rings. The second-order valence-electron chi connectivity index (χ2n) is 6.72. The molecule has 2 aromatic carbocycles. The number of allylic oxidation sites excluding steroid dienone is 1. The first-order chi connectivity index (χ1) is 15.7. The summed E-state index contributed by atoms with van der Waals surface area (Å²) in [6.07, 6.45) is 5.19. The number of carbonyl (C=O) groups excluding carboxylic acids is 1. The lowest BCUT2D eigenvalue weighted by Crippen LogP contribution is -2.14. The van der Waals surface area contributed by atoms with Gasteiger partial charge in [-0.15, -0.1) is 16.8 Å². The molecule has 0 aliphatic rings. The lowest BCUT2D eigenvalue weighted by atomic mass is 10.2. The van der Waals surface area contributed by atoms with E-state index in [1.54, 1.807) is 18.5 Å². The van der Waals surface area contributed by atoms with Crippen molar-refractivity contribution in [1.29, 1.82) is 0 Å². The van der Waals surface area contributed by atoms with E-state index >= 15 is 0 Å². The SMILES string of the molecule is C=CCn1c(SCC(=O)Nc2ccc(Oc3ccccc3)cc2)nnc1-c1ccncc1. The zero-order valence-electron chi connectivity index (χ0n) is 17.2. The molecule has 1 N–H and O–H groups in total. The average Bonchev–Trinajstić information content (AvgIpc) is 3.23. The van der Waals surface area contributed by atoms with E-state index in [-0.39, 0.29) is 11.7 Å². The number of aromatic nitrogens is 4. The molecule has 0 radical (unpaired) electrons. The van der Waals surface area contributed by atoms with Gasteiger partial charge in [0.15, 0.2) is 11.0 Å².